The number of phosphoric acid groups is 1. The number of hydrogen-bond donors (Lipinski definition) is 1. The van der Waals surface area contributed by atoms with Crippen LogP contribution in [0.25, 0.3) is 0 Å². The van der Waals surface area contributed by atoms with Gasteiger partial charge in [-0.2, -0.15) is 0 Å². The Kier molecular flexibility index (Phi) is 50.1. The van der Waals surface area contributed by atoms with Crippen LogP contribution in [-0.4, -0.2) is 74.9 Å². The number of unbranched alkanes of at least 4 members (excludes halogenated alkanes) is 19. The molecule has 9 nitrogen and oxygen atoms in total. The first-order chi connectivity index (χ1) is 35.0. The number of rotatable bonds is 51. The molecule has 0 saturated carbocycles. The van der Waals surface area contributed by atoms with Crippen molar-refractivity contribution in [1.29, 1.82) is 0 Å². The normalized spacial score (nSPS) is 14.1. The molecular weight excluding hydrogens is 918 g/mol. The molecule has 1 N–H and O–H groups in total. The Morgan fingerprint density at radius 2 is 0.792 bits per heavy atom. The molecule has 10 heteroatoms. The van der Waals surface area contributed by atoms with Crippen LogP contribution in [-0.2, 0) is 32.7 Å². The summed E-state index contributed by atoms with van der Waals surface area (Å²) >= 11 is 0. The molecule has 0 aliphatic rings. The van der Waals surface area contributed by atoms with Gasteiger partial charge in [-0.25, -0.2) is 4.57 Å². The average molecular weight is 1030 g/mol. The lowest BCUT2D eigenvalue weighted by molar-refractivity contribution is -0.870. The van der Waals surface area contributed by atoms with E-state index in [1.54, 1.807) is 0 Å². The molecule has 0 saturated heterocycles. The van der Waals surface area contributed by atoms with Gasteiger partial charge in [0.15, 0.2) is 6.10 Å². The van der Waals surface area contributed by atoms with E-state index in [1.807, 2.05) is 21.1 Å². The molecule has 0 spiro atoms. The van der Waals surface area contributed by atoms with Gasteiger partial charge < -0.3 is 18.9 Å². The van der Waals surface area contributed by atoms with Crippen LogP contribution in [0.3, 0.4) is 0 Å². The van der Waals surface area contributed by atoms with Gasteiger partial charge in [0.1, 0.15) is 19.8 Å². The maximum absolute atomic E-state index is 12.8. The van der Waals surface area contributed by atoms with E-state index in [4.69, 9.17) is 18.5 Å². The molecule has 0 aliphatic carbocycles. The summed E-state index contributed by atoms with van der Waals surface area (Å²) in [5, 5.41) is 0. The second-order valence-corrected chi connectivity index (χ2v) is 21.4. The van der Waals surface area contributed by atoms with Gasteiger partial charge in [-0.1, -0.05) is 213 Å². The van der Waals surface area contributed by atoms with Crippen LogP contribution in [0.1, 0.15) is 219 Å². The van der Waals surface area contributed by atoms with Crippen molar-refractivity contribution in [3.05, 3.63) is 109 Å². The van der Waals surface area contributed by atoms with Gasteiger partial charge in [0.05, 0.1) is 27.7 Å². The van der Waals surface area contributed by atoms with Gasteiger partial charge in [-0.3, -0.25) is 18.6 Å². The minimum atomic E-state index is -4.40. The van der Waals surface area contributed by atoms with Crippen molar-refractivity contribution in [3.63, 3.8) is 0 Å². The van der Waals surface area contributed by atoms with E-state index in [-0.39, 0.29) is 32.0 Å². The SMILES string of the molecule is CC/C=C\C/C=C\C/C=C\C/C=C\C/C=C\C/C=C\C/C=C\CCCCCC(=O)OC(COC(=O)CCCCCCCCCCCCC/C=C\C/C=C\CCCCCCC)COP(=O)(O)OCC[N+](C)(C)C. The van der Waals surface area contributed by atoms with Crippen molar-refractivity contribution < 1.29 is 42.1 Å². The fraction of sp³-hybridized carbons (Fsp3) is 0.677. The van der Waals surface area contributed by atoms with Gasteiger partial charge in [0, 0.05) is 12.8 Å². The van der Waals surface area contributed by atoms with Gasteiger partial charge in [0.25, 0.3) is 0 Å². The predicted octanol–water partition coefficient (Wildman–Crippen LogP) is 17.8. The highest BCUT2D eigenvalue weighted by Gasteiger charge is 2.27. The van der Waals surface area contributed by atoms with Crippen LogP contribution in [0.15, 0.2) is 109 Å². The topological polar surface area (TPSA) is 108 Å². The highest BCUT2D eigenvalue weighted by molar-refractivity contribution is 7.47. The lowest BCUT2D eigenvalue weighted by Crippen LogP contribution is -2.37. The molecule has 2 atom stereocenters. The van der Waals surface area contributed by atoms with Crippen molar-refractivity contribution in [1.82, 2.24) is 0 Å². The van der Waals surface area contributed by atoms with Crippen LogP contribution in [0.2, 0.25) is 0 Å². The Bertz CT molecular complexity index is 1580. The molecule has 412 valence electrons. The summed E-state index contributed by atoms with van der Waals surface area (Å²) in [6.45, 7) is 4.26. The maximum atomic E-state index is 12.8. The molecule has 0 amide bonds. The standard InChI is InChI=1S/C62H106NO8P/c1-6-8-10-12-14-16-18-20-22-24-26-28-30-31-33-35-37-39-41-43-45-47-49-51-53-55-62(65)71-60(59-70-72(66,67)69-57-56-63(3,4)5)58-68-61(64)54-52-50-48-46-44-42-40-38-36-34-32-29-27-25-23-21-19-17-15-13-11-9-7-2/h8,10,14,16,19-22,25-28,31,33,37,39,43,45,60H,6-7,9,11-13,15,17-18,23-24,29-30,32,34-36,38,40-42,44,46-59H2,1-5H3/p+1/b10-8-,16-14-,21-19-,22-20-,27-25-,28-26-,33-31-,39-37-,45-43-. The van der Waals surface area contributed by atoms with Crippen LogP contribution in [0.4, 0.5) is 0 Å². The van der Waals surface area contributed by atoms with Crippen LogP contribution >= 0.6 is 7.82 Å². The Morgan fingerprint density at radius 1 is 0.444 bits per heavy atom. The molecule has 0 aromatic carbocycles. The van der Waals surface area contributed by atoms with E-state index in [9.17, 15) is 19.0 Å². The average Bonchev–Trinajstić information content (AvgIpc) is 3.34. The van der Waals surface area contributed by atoms with E-state index in [2.05, 4.69) is 123 Å². The number of nitrogens with zero attached hydrogens (tertiary/aromatic N) is 1. The Balaban J connectivity index is 4.29. The molecule has 0 fully saturated rings. The quantitative estimate of drug-likeness (QED) is 0.0211. The summed E-state index contributed by atoms with van der Waals surface area (Å²) in [5.74, 6) is -0.844. The third-order valence-electron chi connectivity index (χ3n) is 11.8. The highest BCUT2D eigenvalue weighted by atomic mass is 31.2. The van der Waals surface area contributed by atoms with E-state index in [0.717, 1.165) is 89.9 Å². The number of likely N-dealkylation sites (N-methyl/N-ethyl adjacent to an activating group) is 1. The van der Waals surface area contributed by atoms with E-state index >= 15 is 0 Å². The van der Waals surface area contributed by atoms with Crippen molar-refractivity contribution >= 4 is 19.8 Å². The number of esters is 2. The van der Waals surface area contributed by atoms with Crippen LogP contribution in [0.5, 0.6) is 0 Å². The summed E-state index contributed by atoms with van der Waals surface area (Å²) in [5.41, 5.74) is 0. The zero-order valence-corrected chi connectivity index (χ0v) is 47.5. The van der Waals surface area contributed by atoms with Crippen LogP contribution in [0, 0.1) is 0 Å². The number of hydrogen-bond acceptors (Lipinski definition) is 7. The minimum Gasteiger partial charge on any atom is -0.462 e. The van der Waals surface area contributed by atoms with Crippen molar-refractivity contribution in [2.75, 3.05) is 47.5 Å². The molecule has 0 aromatic rings. The summed E-state index contributed by atoms with van der Waals surface area (Å²) in [7, 11) is 1.44. The van der Waals surface area contributed by atoms with Gasteiger partial charge in [-0.05, 0) is 103 Å². The third-order valence-corrected chi connectivity index (χ3v) is 12.8. The van der Waals surface area contributed by atoms with Crippen molar-refractivity contribution in [2.45, 2.75) is 225 Å². The lowest BCUT2D eigenvalue weighted by Gasteiger charge is -2.24. The van der Waals surface area contributed by atoms with Crippen LogP contribution < -0.4 is 0 Å². The molecule has 72 heavy (non-hydrogen) atoms. The smallest absolute Gasteiger partial charge is 0.462 e. The summed E-state index contributed by atoms with van der Waals surface area (Å²) < 4.78 is 34.5. The Hall–Kier alpha value is -3.33. The third kappa shape index (κ3) is 56.0. The van der Waals surface area contributed by atoms with E-state index < -0.39 is 26.5 Å². The lowest BCUT2D eigenvalue weighted by atomic mass is 10.0. The fourth-order valence-corrected chi connectivity index (χ4v) is 8.12. The molecule has 2 unspecified atom stereocenters. The largest absolute Gasteiger partial charge is 0.472 e. The molecule has 0 aliphatic heterocycles. The fourth-order valence-electron chi connectivity index (χ4n) is 7.38. The first-order valence-electron chi connectivity index (χ1n) is 28.6. The molecular formula is C62H107NO8P+. The van der Waals surface area contributed by atoms with Gasteiger partial charge in [0.2, 0.25) is 0 Å². The molecule has 0 heterocycles. The number of phosphoric ester groups is 1. The monoisotopic (exact) mass is 1020 g/mol. The maximum Gasteiger partial charge on any atom is 0.472 e. The van der Waals surface area contributed by atoms with Crippen molar-refractivity contribution in [2.24, 2.45) is 0 Å². The number of carbonyl (C=O) groups excluding carboxylic acids is 2. The van der Waals surface area contributed by atoms with Gasteiger partial charge in [-0.15, -0.1) is 0 Å². The van der Waals surface area contributed by atoms with Gasteiger partial charge >= 0.3 is 19.8 Å². The molecule has 0 aromatic heterocycles. The Morgan fingerprint density at radius 3 is 1.19 bits per heavy atom. The minimum absolute atomic E-state index is 0.0186. The molecule has 0 bridgehead atoms. The Labute approximate surface area is 442 Å². The second-order valence-electron chi connectivity index (χ2n) is 19.9. The highest BCUT2D eigenvalue weighted by Crippen LogP contribution is 2.43. The number of carbonyl (C=O) groups is 2. The zero-order valence-electron chi connectivity index (χ0n) is 46.6. The number of quaternary nitrogens is 1. The summed E-state index contributed by atoms with van der Waals surface area (Å²) in [6.07, 6.45) is 72.9. The summed E-state index contributed by atoms with van der Waals surface area (Å²) in [6, 6.07) is 0. The first-order valence-corrected chi connectivity index (χ1v) is 30.1. The van der Waals surface area contributed by atoms with E-state index in [0.29, 0.717) is 17.4 Å². The molecule has 0 radical (unpaired) electrons. The number of allylic oxidation sites excluding steroid dienone is 18. The second kappa shape index (κ2) is 52.5. The first kappa shape index (κ1) is 68.7. The van der Waals surface area contributed by atoms with E-state index in [1.165, 1.54) is 96.3 Å². The number of ether oxygens (including phenoxy) is 2. The van der Waals surface area contributed by atoms with Crippen molar-refractivity contribution in [3.8, 4) is 0 Å². The summed E-state index contributed by atoms with van der Waals surface area (Å²) in [4.78, 5) is 35.7. The molecule has 0 rings (SSSR count). The zero-order chi connectivity index (χ0) is 52.7. The predicted molar refractivity (Wildman–Crippen MR) is 307 cm³/mol.